The number of rotatable bonds is 7. The summed E-state index contributed by atoms with van der Waals surface area (Å²) in [7, 11) is 1.66. The van der Waals surface area contributed by atoms with Gasteiger partial charge in [-0.3, -0.25) is 9.69 Å². The van der Waals surface area contributed by atoms with Crippen LogP contribution in [0.25, 0.3) is 0 Å². The van der Waals surface area contributed by atoms with Crippen molar-refractivity contribution in [1.29, 1.82) is 0 Å². The number of benzene rings is 1. The Balaban J connectivity index is 3.04. The third-order valence-corrected chi connectivity index (χ3v) is 3.56. The number of ketones is 1. The van der Waals surface area contributed by atoms with Gasteiger partial charge < -0.3 is 9.84 Å². The number of carbonyl (C=O) groups excluding carboxylic acids is 1. The van der Waals surface area contributed by atoms with E-state index < -0.39 is 0 Å². The van der Waals surface area contributed by atoms with Crippen LogP contribution >= 0.6 is 11.6 Å². The molecule has 5 heteroatoms. The molecule has 0 radical (unpaired) electrons. The van der Waals surface area contributed by atoms with Crippen molar-refractivity contribution in [2.45, 2.75) is 33.4 Å². The lowest BCUT2D eigenvalue weighted by atomic mass is 10.0. The topological polar surface area (TPSA) is 49.8 Å². The fourth-order valence-corrected chi connectivity index (χ4v) is 2.43. The Labute approximate surface area is 125 Å². The second kappa shape index (κ2) is 7.62. The lowest BCUT2D eigenvalue weighted by Crippen LogP contribution is -2.35. The first-order valence-electron chi connectivity index (χ1n) is 6.66. The zero-order chi connectivity index (χ0) is 15.3. The largest absolute Gasteiger partial charge is 0.507 e. The number of Topliss-reactive ketones (excluding diaryl/α,β-unsaturated/α-hetero) is 1. The van der Waals surface area contributed by atoms with Gasteiger partial charge in [0.15, 0.2) is 5.78 Å². The average Bonchev–Trinajstić information content (AvgIpc) is 2.39. The molecule has 0 saturated carbocycles. The number of halogens is 1. The van der Waals surface area contributed by atoms with E-state index in [2.05, 4.69) is 11.8 Å². The quantitative estimate of drug-likeness (QED) is 0.786. The molecule has 112 valence electrons. The van der Waals surface area contributed by atoms with Gasteiger partial charge in [0, 0.05) is 30.3 Å². The summed E-state index contributed by atoms with van der Waals surface area (Å²) in [5.74, 6) is -0.177. The molecular formula is C15H22ClNO3. The summed E-state index contributed by atoms with van der Waals surface area (Å²) in [6, 6.07) is 3.41. The van der Waals surface area contributed by atoms with Gasteiger partial charge in [-0.25, -0.2) is 0 Å². The summed E-state index contributed by atoms with van der Waals surface area (Å²) in [5.41, 5.74) is 0.926. The Bertz CT molecular complexity index is 476. The Hall–Kier alpha value is -1.10. The van der Waals surface area contributed by atoms with Gasteiger partial charge in [0.2, 0.25) is 0 Å². The molecule has 0 aromatic heterocycles. The highest BCUT2D eigenvalue weighted by Gasteiger charge is 2.18. The Kier molecular flexibility index (Phi) is 6.46. The fourth-order valence-electron chi connectivity index (χ4n) is 2.19. The maximum atomic E-state index is 11.5. The molecular weight excluding hydrogens is 278 g/mol. The van der Waals surface area contributed by atoms with Crippen molar-refractivity contribution < 1.29 is 14.6 Å². The standard InChI is InChI=1S/C15H22ClNO3/c1-5-17(10(2)9-20-4)8-12-6-13(16)7-14(11(3)18)15(12)19/h6-7,10,19H,5,8-9H2,1-4H3. The molecule has 0 bridgehead atoms. The smallest absolute Gasteiger partial charge is 0.163 e. The van der Waals surface area contributed by atoms with Crippen LogP contribution in [-0.2, 0) is 11.3 Å². The van der Waals surface area contributed by atoms with Gasteiger partial charge in [0.05, 0.1) is 12.2 Å². The molecule has 1 atom stereocenters. The van der Waals surface area contributed by atoms with Crippen LogP contribution in [-0.4, -0.2) is 42.1 Å². The molecule has 1 rings (SSSR count). The molecule has 4 nitrogen and oxygen atoms in total. The normalized spacial score (nSPS) is 12.7. The molecule has 1 aromatic rings. The number of likely N-dealkylation sites (N-methyl/N-ethyl adjacent to an activating group) is 1. The zero-order valence-electron chi connectivity index (χ0n) is 12.4. The van der Waals surface area contributed by atoms with Crippen molar-refractivity contribution in [2.24, 2.45) is 0 Å². The monoisotopic (exact) mass is 299 g/mol. The van der Waals surface area contributed by atoms with E-state index in [1.54, 1.807) is 13.2 Å². The molecule has 1 aromatic carbocycles. The molecule has 1 N–H and O–H groups in total. The Morgan fingerprint density at radius 1 is 1.50 bits per heavy atom. The fraction of sp³-hybridized carbons (Fsp3) is 0.533. The van der Waals surface area contributed by atoms with Gasteiger partial charge in [0.25, 0.3) is 0 Å². The number of nitrogens with zero attached hydrogens (tertiary/aromatic N) is 1. The minimum absolute atomic E-state index is 0.0185. The van der Waals surface area contributed by atoms with E-state index in [0.29, 0.717) is 23.7 Å². The van der Waals surface area contributed by atoms with Gasteiger partial charge in [0.1, 0.15) is 5.75 Å². The van der Waals surface area contributed by atoms with E-state index in [1.165, 1.54) is 13.0 Å². The SMILES string of the molecule is CCN(Cc1cc(Cl)cc(C(C)=O)c1O)C(C)COC. The number of hydrogen-bond donors (Lipinski definition) is 1. The highest BCUT2D eigenvalue weighted by Crippen LogP contribution is 2.29. The second-order valence-electron chi connectivity index (χ2n) is 4.88. The van der Waals surface area contributed by atoms with Gasteiger partial charge in [-0.2, -0.15) is 0 Å². The van der Waals surface area contributed by atoms with Gasteiger partial charge in [-0.15, -0.1) is 0 Å². The average molecular weight is 300 g/mol. The predicted molar refractivity (Wildman–Crippen MR) is 80.5 cm³/mol. The number of hydrogen-bond acceptors (Lipinski definition) is 4. The summed E-state index contributed by atoms with van der Waals surface area (Å²) in [6.07, 6.45) is 0. The van der Waals surface area contributed by atoms with Crippen molar-refractivity contribution in [3.63, 3.8) is 0 Å². The summed E-state index contributed by atoms with van der Waals surface area (Å²) >= 11 is 6.03. The molecule has 0 spiro atoms. The molecule has 0 heterocycles. The van der Waals surface area contributed by atoms with E-state index in [-0.39, 0.29) is 23.1 Å². The predicted octanol–water partition coefficient (Wildman–Crippen LogP) is 3.11. The van der Waals surface area contributed by atoms with Crippen LogP contribution < -0.4 is 0 Å². The summed E-state index contributed by atoms with van der Waals surface area (Å²) in [4.78, 5) is 13.7. The number of aromatic hydroxyl groups is 1. The van der Waals surface area contributed by atoms with Crippen molar-refractivity contribution in [3.05, 3.63) is 28.3 Å². The highest BCUT2D eigenvalue weighted by molar-refractivity contribution is 6.31. The number of ether oxygens (including phenoxy) is 1. The van der Waals surface area contributed by atoms with Crippen LogP contribution in [0.5, 0.6) is 5.75 Å². The molecule has 0 aliphatic heterocycles. The lowest BCUT2D eigenvalue weighted by Gasteiger charge is -2.27. The molecule has 0 aliphatic rings. The molecule has 0 amide bonds. The minimum Gasteiger partial charge on any atom is -0.507 e. The van der Waals surface area contributed by atoms with E-state index in [0.717, 1.165) is 6.54 Å². The second-order valence-corrected chi connectivity index (χ2v) is 5.32. The minimum atomic E-state index is -0.195. The van der Waals surface area contributed by atoms with Crippen molar-refractivity contribution in [3.8, 4) is 5.75 Å². The molecule has 0 saturated heterocycles. The van der Waals surface area contributed by atoms with Crippen molar-refractivity contribution >= 4 is 17.4 Å². The van der Waals surface area contributed by atoms with E-state index in [4.69, 9.17) is 16.3 Å². The van der Waals surface area contributed by atoms with Crippen molar-refractivity contribution in [2.75, 3.05) is 20.3 Å². The van der Waals surface area contributed by atoms with Crippen LogP contribution in [0.3, 0.4) is 0 Å². The summed E-state index contributed by atoms with van der Waals surface area (Å²) in [6.45, 7) is 7.45. The molecule has 20 heavy (non-hydrogen) atoms. The number of phenolic OH excluding ortho intramolecular Hbond substituents is 1. The highest BCUT2D eigenvalue weighted by atomic mass is 35.5. The van der Waals surface area contributed by atoms with Gasteiger partial charge >= 0.3 is 0 Å². The summed E-state index contributed by atoms with van der Waals surface area (Å²) < 4.78 is 5.16. The van der Waals surface area contributed by atoms with Gasteiger partial charge in [-0.05, 0) is 32.5 Å². The van der Waals surface area contributed by atoms with Crippen LogP contribution in [0.1, 0.15) is 36.7 Å². The molecule has 0 aliphatic carbocycles. The number of methoxy groups -OCH3 is 1. The zero-order valence-corrected chi connectivity index (χ0v) is 13.2. The summed E-state index contributed by atoms with van der Waals surface area (Å²) in [5, 5.41) is 10.7. The maximum absolute atomic E-state index is 11.5. The third kappa shape index (κ3) is 4.20. The van der Waals surface area contributed by atoms with Crippen molar-refractivity contribution in [1.82, 2.24) is 4.90 Å². The van der Waals surface area contributed by atoms with Crippen LogP contribution in [0.15, 0.2) is 12.1 Å². The van der Waals surface area contributed by atoms with E-state index in [9.17, 15) is 9.90 Å². The van der Waals surface area contributed by atoms with Crippen LogP contribution in [0.2, 0.25) is 5.02 Å². The number of phenols is 1. The van der Waals surface area contributed by atoms with E-state index in [1.807, 2.05) is 6.92 Å². The Morgan fingerprint density at radius 3 is 2.65 bits per heavy atom. The lowest BCUT2D eigenvalue weighted by molar-refractivity contribution is 0.0972. The Morgan fingerprint density at radius 2 is 2.15 bits per heavy atom. The van der Waals surface area contributed by atoms with Crippen LogP contribution in [0.4, 0.5) is 0 Å². The first-order chi connectivity index (χ1) is 9.40. The maximum Gasteiger partial charge on any atom is 0.163 e. The number of carbonyl (C=O) groups is 1. The van der Waals surface area contributed by atoms with Gasteiger partial charge in [-0.1, -0.05) is 18.5 Å². The first kappa shape index (κ1) is 17.0. The first-order valence-corrected chi connectivity index (χ1v) is 7.03. The van der Waals surface area contributed by atoms with E-state index >= 15 is 0 Å². The molecule has 0 fully saturated rings. The molecule has 1 unspecified atom stereocenters. The third-order valence-electron chi connectivity index (χ3n) is 3.34. The van der Waals surface area contributed by atoms with Crippen LogP contribution in [0, 0.1) is 0 Å².